The van der Waals surface area contributed by atoms with E-state index < -0.39 is 0 Å². The van der Waals surface area contributed by atoms with E-state index in [0.29, 0.717) is 5.69 Å². The Morgan fingerprint density at radius 3 is 2.74 bits per heavy atom. The number of hydrogen-bond acceptors (Lipinski definition) is 4. The average Bonchev–Trinajstić information content (AvgIpc) is 2.90. The molecule has 0 aliphatic carbocycles. The van der Waals surface area contributed by atoms with E-state index in [-0.39, 0.29) is 16.7 Å². The van der Waals surface area contributed by atoms with Gasteiger partial charge in [0.15, 0.2) is 0 Å². The Morgan fingerprint density at radius 2 is 2.11 bits per heavy atom. The van der Waals surface area contributed by atoms with Gasteiger partial charge in [-0.2, -0.15) is 11.3 Å². The minimum atomic E-state index is -0.330. The van der Waals surface area contributed by atoms with Crippen LogP contribution in [-0.2, 0) is 6.42 Å². The molecule has 1 aromatic heterocycles. The minimum Gasteiger partial charge on any atom is -0.366 e. The summed E-state index contributed by atoms with van der Waals surface area (Å²) in [6, 6.07) is 9.16. The molecule has 5 heteroatoms. The summed E-state index contributed by atoms with van der Waals surface area (Å²) in [5.41, 5.74) is 2.08. The maximum absolute atomic E-state index is 11.0. The maximum atomic E-state index is 11.0. The topological polar surface area (TPSA) is 46.4 Å². The highest BCUT2D eigenvalue weighted by molar-refractivity contribution is 7.07. The SMILES string of the molecule is CC(Cc1ccsc1)N(C)c1ccccc1[N+](=O)[O-]. The zero-order chi connectivity index (χ0) is 13.8. The lowest BCUT2D eigenvalue weighted by Gasteiger charge is -2.26. The van der Waals surface area contributed by atoms with Crippen molar-refractivity contribution in [3.05, 3.63) is 56.8 Å². The number of hydrogen-bond donors (Lipinski definition) is 0. The molecule has 0 spiro atoms. The third-order valence-corrected chi connectivity index (χ3v) is 3.96. The lowest BCUT2D eigenvalue weighted by atomic mass is 10.1. The van der Waals surface area contributed by atoms with Gasteiger partial charge in [0.05, 0.1) is 4.92 Å². The van der Waals surface area contributed by atoms with Crippen LogP contribution in [0.2, 0.25) is 0 Å². The predicted octanol–water partition coefficient (Wildman–Crippen LogP) is 3.72. The van der Waals surface area contributed by atoms with Crippen LogP contribution < -0.4 is 4.90 Å². The standard InChI is InChI=1S/C14H16N2O2S/c1-11(9-12-7-8-19-10-12)15(2)13-5-3-4-6-14(13)16(17)18/h3-8,10-11H,9H2,1-2H3. The van der Waals surface area contributed by atoms with Crippen molar-refractivity contribution in [1.29, 1.82) is 0 Å². The molecule has 0 N–H and O–H groups in total. The summed E-state index contributed by atoms with van der Waals surface area (Å²) >= 11 is 1.67. The molecule has 1 aromatic carbocycles. The summed E-state index contributed by atoms with van der Waals surface area (Å²) in [5.74, 6) is 0. The number of nitrogens with zero attached hydrogens (tertiary/aromatic N) is 2. The summed E-state index contributed by atoms with van der Waals surface area (Å²) < 4.78 is 0. The van der Waals surface area contributed by atoms with Crippen molar-refractivity contribution in [1.82, 2.24) is 0 Å². The molecule has 0 aliphatic rings. The van der Waals surface area contributed by atoms with Gasteiger partial charge in [0.2, 0.25) is 0 Å². The summed E-state index contributed by atoms with van der Waals surface area (Å²) in [6.07, 6.45) is 0.881. The quantitative estimate of drug-likeness (QED) is 0.617. The number of para-hydroxylation sites is 2. The Bertz CT molecular complexity index is 554. The molecule has 0 radical (unpaired) electrons. The predicted molar refractivity (Wildman–Crippen MR) is 79.0 cm³/mol. The number of likely N-dealkylation sites (N-methyl/N-ethyl adjacent to an activating group) is 1. The van der Waals surface area contributed by atoms with Crippen LogP contribution in [0.4, 0.5) is 11.4 Å². The summed E-state index contributed by atoms with van der Waals surface area (Å²) in [7, 11) is 1.90. The summed E-state index contributed by atoms with van der Waals surface area (Å²) in [6.45, 7) is 2.08. The van der Waals surface area contributed by atoms with Crippen molar-refractivity contribution < 1.29 is 4.92 Å². The van der Waals surface area contributed by atoms with Gasteiger partial charge in [-0.3, -0.25) is 10.1 Å². The number of thiophene rings is 1. The molecule has 1 heterocycles. The van der Waals surface area contributed by atoms with Gasteiger partial charge in [0, 0.05) is 19.2 Å². The molecule has 2 rings (SSSR count). The van der Waals surface area contributed by atoms with E-state index in [2.05, 4.69) is 18.4 Å². The Kier molecular flexibility index (Phi) is 4.16. The van der Waals surface area contributed by atoms with E-state index in [1.54, 1.807) is 29.5 Å². The normalized spacial score (nSPS) is 12.1. The zero-order valence-corrected chi connectivity index (χ0v) is 11.8. The van der Waals surface area contributed by atoms with Crippen molar-refractivity contribution in [2.24, 2.45) is 0 Å². The first-order valence-corrected chi connectivity index (χ1v) is 7.01. The largest absolute Gasteiger partial charge is 0.366 e. The third kappa shape index (κ3) is 3.12. The molecule has 0 fully saturated rings. The monoisotopic (exact) mass is 276 g/mol. The molecule has 0 bridgehead atoms. The van der Waals surface area contributed by atoms with Gasteiger partial charge in [-0.25, -0.2) is 0 Å². The third-order valence-electron chi connectivity index (χ3n) is 3.23. The molecule has 2 aromatic rings. The van der Waals surface area contributed by atoms with Gasteiger partial charge in [-0.05, 0) is 41.8 Å². The molecular formula is C14H16N2O2S. The van der Waals surface area contributed by atoms with Crippen LogP contribution in [-0.4, -0.2) is 18.0 Å². The first-order valence-electron chi connectivity index (χ1n) is 6.07. The molecular weight excluding hydrogens is 260 g/mol. The highest BCUT2D eigenvalue weighted by Gasteiger charge is 2.19. The van der Waals surface area contributed by atoms with Crippen molar-refractivity contribution in [2.45, 2.75) is 19.4 Å². The van der Waals surface area contributed by atoms with Crippen LogP contribution in [0, 0.1) is 10.1 Å². The van der Waals surface area contributed by atoms with Gasteiger partial charge >= 0.3 is 0 Å². The van der Waals surface area contributed by atoms with Gasteiger partial charge in [0.1, 0.15) is 5.69 Å². The van der Waals surface area contributed by atoms with Crippen molar-refractivity contribution in [3.63, 3.8) is 0 Å². The van der Waals surface area contributed by atoms with Crippen LogP contribution in [0.5, 0.6) is 0 Å². The molecule has 0 saturated heterocycles. The van der Waals surface area contributed by atoms with E-state index in [1.807, 2.05) is 23.4 Å². The fraction of sp³-hybridized carbons (Fsp3) is 0.286. The Labute approximate surface area is 116 Å². The van der Waals surface area contributed by atoms with Gasteiger partial charge in [0.25, 0.3) is 5.69 Å². The molecule has 4 nitrogen and oxygen atoms in total. The van der Waals surface area contributed by atoms with Crippen molar-refractivity contribution >= 4 is 22.7 Å². The smallest absolute Gasteiger partial charge is 0.292 e. The number of nitro groups is 1. The summed E-state index contributed by atoms with van der Waals surface area (Å²) in [5, 5.41) is 15.2. The average molecular weight is 276 g/mol. The lowest BCUT2D eigenvalue weighted by Crippen LogP contribution is -2.31. The fourth-order valence-corrected chi connectivity index (χ4v) is 2.72. The van der Waals surface area contributed by atoms with Gasteiger partial charge in [-0.1, -0.05) is 12.1 Å². The number of rotatable bonds is 5. The molecule has 100 valence electrons. The number of benzene rings is 1. The zero-order valence-electron chi connectivity index (χ0n) is 10.9. The molecule has 1 atom stereocenters. The first-order chi connectivity index (χ1) is 9.09. The van der Waals surface area contributed by atoms with Crippen molar-refractivity contribution in [3.8, 4) is 0 Å². The Morgan fingerprint density at radius 1 is 1.37 bits per heavy atom. The highest BCUT2D eigenvalue weighted by Crippen LogP contribution is 2.28. The van der Waals surface area contributed by atoms with Gasteiger partial charge in [-0.15, -0.1) is 0 Å². The molecule has 1 unspecified atom stereocenters. The van der Waals surface area contributed by atoms with Crippen LogP contribution in [0.1, 0.15) is 12.5 Å². The van der Waals surface area contributed by atoms with Crippen LogP contribution in [0.15, 0.2) is 41.1 Å². The maximum Gasteiger partial charge on any atom is 0.292 e. The lowest BCUT2D eigenvalue weighted by molar-refractivity contribution is -0.384. The second-order valence-electron chi connectivity index (χ2n) is 4.54. The second-order valence-corrected chi connectivity index (χ2v) is 5.32. The van der Waals surface area contributed by atoms with E-state index >= 15 is 0 Å². The Balaban J connectivity index is 2.19. The summed E-state index contributed by atoms with van der Waals surface area (Å²) in [4.78, 5) is 12.7. The Hall–Kier alpha value is -1.88. The van der Waals surface area contributed by atoms with Crippen molar-refractivity contribution in [2.75, 3.05) is 11.9 Å². The van der Waals surface area contributed by atoms with E-state index in [9.17, 15) is 10.1 Å². The molecule has 0 saturated carbocycles. The number of anilines is 1. The minimum absolute atomic E-state index is 0.155. The molecule has 0 amide bonds. The molecule has 19 heavy (non-hydrogen) atoms. The van der Waals surface area contributed by atoms with E-state index in [0.717, 1.165) is 6.42 Å². The second kappa shape index (κ2) is 5.84. The van der Waals surface area contributed by atoms with Gasteiger partial charge < -0.3 is 4.90 Å². The van der Waals surface area contributed by atoms with Crippen LogP contribution in [0.3, 0.4) is 0 Å². The van der Waals surface area contributed by atoms with E-state index in [4.69, 9.17) is 0 Å². The highest BCUT2D eigenvalue weighted by atomic mass is 32.1. The van der Waals surface area contributed by atoms with E-state index in [1.165, 1.54) is 5.56 Å². The van der Waals surface area contributed by atoms with Crippen LogP contribution >= 0.6 is 11.3 Å². The fourth-order valence-electron chi connectivity index (χ4n) is 2.04. The first kappa shape index (κ1) is 13.5. The molecule has 0 aliphatic heterocycles. The van der Waals surface area contributed by atoms with Crippen LogP contribution in [0.25, 0.3) is 0 Å². The number of nitro benzene ring substituents is 1.